The minimum Gasteiger partial charge on any atom is -0.278 e. The fourth-order valence-electron chi connectivity index (χ4n) is 1.62. The first kappa shape index (κ1) is 15.7. The second-order valence-corrected chi connectivity index (χ2v) is 6.32. The molecular formula is C13H9ClF3NO2S. The Bertz CT molecular complexity index is 809. The van der Waals surface area contributed by atoms with Crippen LogP contribution in [0.3, 0.4) is 0 Å². The minimum atomic E-state index is -4.43. The van der Waals surface area contributed by atoms with Gasteiger partial charge in [-0.3, -0.25) is 4.72 Å². The van der Waals surface area contributed by atoms with Gasteiger partial charge in [-0.2, -0.15) is 0 Å². The Labute approximate surface area is 124 Å². The van der Waals surface area contributed by atoms with Crippen LogP contribution in [0.2, 0.25) is 5.02 Å². The smallest absolute Gasteiger partial charge is 0.264 e. The van der Waals surface area contributed by atoms with Gasteiger partial charge in [-0.25, -0.2) is 21.6 Å². The molecule has 3 nitrogen and oxygen atoms in total. The lowest BCUT2D eigenvalue weighted by molar-refractivity contribution is 0.432. The van der Waals surface area contributed by atoms with Crippen LogP contribution in [0.25, 0.3) is 0 Å². The molecule has 0 amide bonds. The van der Waals surface area contributed by atoms with Crippen LogP contribution < -0.4 is 4.72 Å². The van der Waals surface area contributed by atoms with E-state index < -0.39 is 32.4 Å². The van der Waals surface area contributed by atoms with Gasteiger partial charge < -0.3 is 0 Å². The van der Waals surface area contributed by atoms with Crippen LogP contribution in [-0.2, 0) is 10.0 Å². The Kier molecular flexibility index (Phi) is 4.15. The number of aryl methyl sites for hydroxylation is 1. The van der Waals surface area contributed by atoms with E-state index in [0.717, 1.165) is 5.56 Å². The Morgan fingerprint density at radius 2 is 1.71 bits per heavy atom. The Balaban J connectivity index is 2.46. The molecule has 0 aliphatic rings. The van der Waals surface area contributed by atoms with Crippen LogP contribution in [-0.4, -0.2) is 8.42 Å². The molecule has 2 aromatic rings. The van der Waals surface area contributed by atoms with Crippen molar-refractivity contribution in [3.8, 4) is 0 Å². The first-order chi connectivity index (χ1) is 9.72. The van der Waals surface area contributed by atoms with Gasteiger partial charge in [0.2, 0.25) is 0 Å². The quantitative estimate of drug-likeness (QED) is 0.866. The highest BCUT2D eigenvalue weighted by molar-refractivity contribution is 7.92. The van der Waals surface area contributed by atoms with Gasteiger partial charge in [0.25, 0.3) is 10.0 Å². The van der Waals surface area contributed by atoms with Gasteiger partial charge in [0, 0.05) is 0 Å². The maximum absolute atomic E-state index is 13.6. The molecule has 0 heterocycles. The first-order valence-corrected chi connectivity index (χ1v) is 7.51. The molecule has 0 fully saturated rings. The van der Waals surface area contributed by atoms with Crippen LogP contribution in [0.5, 0.6) is 0 Å². The zero-order valence-electron chi connectivity index (χ0n) is 10.6. The summed E-state index contributed by atoms with van der Waals surface area (Å²) in [4.78, 5) is -1.00. The second kappa shape index (κ2) is 5.57. The Morgan fingerprint density at radius 1 is 1.05 bits per heavy atom. The summed E-state index contributed by atoms with van der Waals surface area (Å²) >= 11 is 5.86. The molecule has 2 aromatic carbocycles. The molecule has 0 aromatic heterocycles. The highest BCUT2D eigenvalue weighted by atomic mass is 35.5. The van der Waals surface area contributed by atoms with Gasteiger partial charge in [-0.15, -0.1) is 0 Å². The summed E-state index contributed by atoms with van der Waals surface area (Å²) in [6.45, 7) is 1.75. The average Bonchev–Trinajstić information content (AvgIpc) is 2.39. The van der Waals surface area contributed by atoms with Gasteiger partial charge in [-0.05, 0) is 36.8 Å². The van der Waals surface area contributed by atoms with E-state index in [0.29, 0.717) is 12.1 Å². The summed E-state index contributed by atoms with van der Waals surface area (Å²) in [7, 11) is -4.43. The number of sulfonamides is 1. The van der Waals surface area contributed by atoms with Crippen LogP contribution in [0, 0.1) is 24.4 Å². The third kappa shape index (κ3) is 3.14. The molecule has 0 saturated heterocycles. The lowest BCUT2D eigenvalue weighted by Crippen LogP contribution is -2.16. The predicted octanol–water partition coefficient (Wildman–Crippen LogP) is 3.87. The summed E-state index contributed by atoms with van der Waals surface area (Å²) < 4.78 is 65.6. The molecule has 0 aliphatic heterocycles. The molecule has 1 N–H and O–H groups in total. The zero-order chi connectivity index (χ0) is 15.8. The molecule has 0 spiro atoms. The van der Waals surface area contributed by atoms with Crippen molar-refractivity contribution < 1.29 is 21.6 Å². The standard InChI is InChI=1S/C13H9ClF3NO2S/c1-7-2-4-10(8(14)6-7)18-21(19,20)11-5-3-9(15)12(16)13(11)17/h2-6,18H,1H3. The van der Waals surface area contributed by atoms with Crippen molar-refractivity contribution in [1.82, 2.24) is 0 Å². The van der Waals surface area contributed by atoms with Crippen molar-refractivity contribution in [3.63, 3.8) is 0 Å². The summed E-state index contributed by atoms with van der Waals surface area (Å²) in [6, 6.07) is 5.64. The zero-order valence-corrected chi connectivity index (χ0v) is 12.2. The number of benzene rings is 2. The van der Waals surface area contributed by atoms with Crippen molar-refractivity contribution in [2.75, 3.05) is 4.72 Å². The van der Waals surface area contributed by atoms with E-state index in [1.807, 2.05) is 4.72 Å². The molecule has 8 heteroatoms. The van der Waals surface area contributed by atoms with Crippen molar-refractivity contribution in [2.45, 2.75) is 11.8 Å². The normalized spacial score (nSPS) is 11.5. The number of halogens is 4. The molecule has 2 rings (SSSR count). The number of hydrogen-bond donors (Lipinski definition) is 1. The van der Waals surface area contributed by atoms with Gasteiger partial charge in [-0.1, -0.05) is 17.7 Å². The van der Waals surface area contributed by atoms with Crippen LogP contribution in [0.4, 0.5) is 18.9 Å². The molecule has 0 aliphatic carbocycles. The maximum atomic E-state index is 13.6. The molecule has 0 radical (unpaired) electrons. The van der Waals surface area contributed by atoms with Gasteiger partial charge in [0.15, 0.2) is 17.5 Å². The van der Waals surface area contributed by atoms with Crippen molar-refractivity contribution in [2.24, 2.45) is 0 Å². The summed E-state index contributed by atoms with van der Waals surface area (Å²) in [5, 5.41) is 0.0987. The maximum Gasteiger partial charge on any atom is 0.264 e. The lowest BCUT2D eigenvalue weighted by Gasteiger charge is -2.11. The van der Waals surface area contributed by atoms with Crippen LogP contribution >= 0.6 is 11.6 Å². The number of nitrogens with one attached hydrogen (secondary N) is 1. The van der Waals surface area contributed by atoms with Gasteiger partial charge in [0.05, 0.1) is 10.7 Å². The van der Waals surface area contributed by atoms with Gasteiger partial charge >= 0.3 is 0 Å². The SMILES string of the molecule is Cc1ccc(NS(=O)(=O)c2ccc(F)c(F)c2F)c(Cl)c1. The fraction of sp³-hybridized carbons (Fsp3) is 0.0769. The van der Waals surface area contributed by atoms with Crippen LogP contribution in [0.15, 0.2) is 35.2 Å². The topological polar surface area (TPSA) is 46.2 Å². The first-order valence-electron chi connectivity index (χ1n) is 5.65. The van der Waals surface area contributed by atoms with E-state index in [1.54, 1.807) is 13.0 Å². The number of anilines is 1. The van der Waals surface area contributed by atoms with E-state index in [-0.39, 0.29) is 10.7 Å². The predicted molar refractivity (Wildman–Crippen MR) is 73.3 cm³/mol. The average molecular weight is 336 g/mol. The Morgan fingerprint density at radius 3 is 2.33 bits per heavy atom. The monoisotopic (exact) mass is 335 g/mol. The highest BCUT2D eigenvalue weighted by Crippen LogP contribution is 2.27. The van der Waals surface area contributed by atoms with Crippen molar-refractivity contribution >= 4 is 27.3 Å². The van der Waals surface area contributed by atoms with Crippen molar-refractivity contribution in [3.05, 3.63) is 58.4 Å². The van der Waals surface area contributed by atoms with Crippen molar-refractivity contribution in [1.29, 1.82) is 0 Å². The van der Waals surface area contributed by atoms with E-state index >= 15 is 0 Å². The van der Waals surface area contributed by atoms with E-state index in [4.69, 9.17) is 11.6 Å². The van der Waals surface area contributed by atoms with E-state index in [1.165, 1.54) is 12.1 Å². The van der Waals surface area contributed by atoms with Crippen LogP contribution in [0.1, 0.15) is 5.56 Å². The summed E-state index contributed by atoms with van der Waals surface area (Å²) in [6.07, 6.45) is 0. The minimum absolute atomic E-state index is 0.00593. The third-order valence-corrected chi connectivity index (χ3v) is 4.35. The largest absolute Gasteiger partial charge is 0.278 e. The lowest BCUT2D eigenvalue weighted by atomic mass is 10.2. The number of rotatable bonds is 3. The number of hydrogen-bond acceptors (Lipinski definition) is 2. The fourth-order valence-corrected chi connectivity index (χ4v) is 3.11. The highest BCUT2D eigenvalue weighted by Gasteiger charge is 2.24. The molecule has 0 unspecified atom stereocenters. The molecule has 0 saturated carbocycles. The summed E-state index contributed by atoms with van der Waals surface area (Å²) in [5.74, 6) is -5.11. The van der Waals surface area contributed by atoms with Gasteiger partial charge in [0.1, 0.15) is 4.90 Å². The third-order valence-electron chi connectivity index (χ3n) is 2.66. The molecule has 0 bridgehead atoms. The molecule has 21 heavy (non-hydrogen) atoms. The molecule has 112 valence electrons. The summed E-state index contributed by atoms with van der Waals surface area (Å²) in [5.41, 5.74) is 0.799. The molecule has 0 atom stereocenters. The Hall–Kier alpha value is -1.73. The van der Waals surface area contributed by atoms with E-state index in [9.17, 15) is 21.6 Å². The van der Waals surface area contributed by atoms with E-state index in [2.05, 4.69) is 0 Å². The molecular weight excluding hydrogens is 327 g/mol. The second-order valence-electron chi connectivity index (χ2n) is 4.26.